The zero-order valence-corrected chi connectivity index (χ0v) is 12.0. The van der Waals surface area contributed by atoms with E-state index in [1.807, 2.05) is 19.1 Å². The zero-order chi connectivity index (χ0) is 15.2. The summed E-state index contributed by atoms with van der Waals surface area (Å²) in [5.74, 6) is 1.57. The van der Waals surface area contributed by atoms with Gasteiger partial charge in [-0.1, -0.05) is 10.3 Å². The Kier molecular flexibility index (Phi) is 4.78. The third-order valence-corrected chi connectivity index (χ3v) is 2.98. The lowest BCUT2D eigenvalue weighted by Gasteiger charge is -2.11. The molecule has 0 saturated carbocycles. The molecule has 1 aromatic heterocycles. The van der Waals surface area contributed by atoms with Gasteiger partial charge in [0.15, 0.2) is 5.84 Å². The van der Waals surface area contributed by atoms with Crippen LogP contribution >= 0.6 is 0 Å². The number of hydrogen-bond acceptors (Lipinski definition) is 6. The second-order valence-corrected chi connectivity index (χ2v) is 4.54. The van der Waals surface area contributed by atoms with Crippen LogP contribution in [0.25, 0.3) is 0 Å². The smallest absolute Gasteiger partial charge is 0.170 e. The van der Waals surface area contributed by atoms with Crippen LogP contribution in [0.5, 0.6) is 5.75 Å². The Hall–Kier alpha value is -2.54. The minimum Gasteiger partial charge on any atom is -0.496 e. The normalized spacial score (nSPS) is 11.6. The number of nitrogens with zero attached hydrogens (tertiary/aromatic N) is 2. The lowest BCUT2D eigenvalue weighted by Crippen LogP contribution is -2.16. The fourth-order valence-corrected chi connectivity index (χ4v) is 1.96. The van der Waals surface area contributed by atoms with Crippen LogP contribution in [0.2, 0.25) is 0 Å². The van der Waals surface area contributed by atoms with Gasteiger partial charge in [-0.05, 0) is 25.1 Å². The molecule has 0 aliphatic carbocycles. The van der Waals surface area contributed by atoms with Crippen LogP contribution in [0.15, 0.2) is 33.9 Å². The van der Waals surface area contributed by atoms with Crippen molar-refractivity contribution in [2.45, 2.75) is 20.0 Å². The summed E-state index contributed by atoms with van der Waals surface area (Å²) in [5, 5.41) is 18.9. The van der Waals surface area contributed by atoms with E-state index in [1.54, 1.807) is 19.2 Å². The molecule has 1 aromatic carbocycles. The van der Waals surface area contributed by atoms with E-state index < -0.39 is 0 Å². The molecule has 4 N–H and O–H groups in total. The van der Waals surface area contributed by atoms with Crippen molar-refractivity contribution in [3.63, 3.8) is 0 Å². The Morgan fingerprint density at radius 1 is 1.43 bits per heavy atom. The van der Waals surface area contributed by atoms with Crippen LogP contribution in [-0.4, -0.2) is 23.3 Å². The molecule has 0 saturated heterocycles. The molecule has 7 nitrogen and oxygen atoms in total. The summed E-state index contributed by atoms with van der Waals surface area (Å²) >= 11 is 0. The third-order valence-electron chi connectivity index (χ3n) is 2.98. The van der Waals surface area contributed by atoms with Crippen LogP contribution in [0.3, 0.4) is 0 Å². The van der Waals surface area contributed by atoms with Crippen molar-refractivity contribution in [2.24, 2.45) is 10.9 Å². The number of methoxy groups -OCH3 is 1. The number of amidine groups is 1. The van der Waals surface area contributed by atoms with Gasteiger partial charge in [0.1, 0.15) is 11.5 Å². The first kappa shape index (κ1) is 14.9. The highest BCUT2D eigenvalue weighted by Gasteiger charge is 2.08. The maximum Gasteiger partial charge on any atom is 0.170 e. The standard InChI is InChI=1S/C14H18N4O3/c1-9-5-12(18-21-9)8-16-7-11-6-10(14(15)17-19)3-4-13(11)20-2/h3-6,16,19H,7-8H2,1-2H3,(H2,15,17). The molecule has 2 rings (SSSR count). The maximum absolute atomic E-state index is 8.73. The summed E-state index contributed by atoms with van der Waals surface area (Å²) in [6, 6.07) is 7.20. The molecule has 0 bridgehead atoms. The fourth-order valence-electron chi connectivity index (χ4n) is 1.96. The average molecular weight is 290 g/mol. The lowest BCUT2D eigenvalue weighted by molar-refractivity contribution is 0.318. The van der Waals surface area contributed by atoms with Gasteiger partial charge < -0.3 is 25.5 Å². The van der Waals surface area contributed by atoms with Gasteiger partial charge in [0.2, 0.25) is 0 Å². The van der Waals surface area contributed by atoms with Crippen LogP contribution in [0.1, 0.15) is 22.6 Å². The highest BCUT2D eigenvalue weighted by molar-refractivity contribution is 5.97. The van der Waals surface area contributed by atoms with E-state index in [4.69, 9.17) is 20.2 Å². The summed E-state index contributed by atoms with van der Waals surface area (Å²) in [6.07, 6.45) is 0. The minimum absolute atomic E-state index is 0.0611. The second kappa shape index (κ2) is 6.76. The molecule has 7 heteroatoms. The first-order valence-electron chi connectivity index (χ1n) is 6.41. The van der Waals surface area contributed by atoms with Crippen molar-refractivity contribution in [2.75, 3.05) is 7.11 Å². The van der Waals surface area contributed by atoms with E-state index in [0.717, 1.165) is 22.8 Å². The first-order valence-corrected chi connectivity index (χ1v) is 6.41. The van der Waals surface area contributed by atoms with Crippen molar-refractivity contribution in [3.8, 4) is 5.75 Å². The van der Waals surface area contributed by atoms with Gasteiger partial charge in [-0.15, -0.1) is 0 Å². The van der Waals surface area contributed by atoms with Crippen LogP contribution in [0.4, 0.5) is 0 Å². The average Bonchev–Trinajstić information content (AvgIpc) is 2.91. The second-order valence-electron chi connectivity index (χ2n) is 4.54. The SMILES string of the molecule is COc1ccc(/C(N)=N/O)cc1CNCc1cc(C)on1. The maximum atomic E-state index is 8.73. The summed E-state index contributed by atoms with van der Waals surface area (Å²) in [5.41, 5.74) is 7.96. The Balaban J connectivity index is 2.06. The first-order chi connectivity index (χ1) is 10.1. The van der Waals surface area contributed by atoms with Crippen LogP contribution in [-0.2, 0) is 13.1 Å². The summed E-state index contributed by atoms with van der Waals surface area (Å²) in [6.45, 7) is 2.98. The van der Waals surface area contributed by atoms with Crippen molar-refractivity contribution in [3.05, 3.63) is 46.8 Å². The molecule has 0 spiro atoms. The molecule has 0 aliphatic rings. The molecule has 0 aliphatic heterocycles. The third kappa shape index (κ3) is 3.73. The van der Waals surface area contributed by atoms with Crippen molar-refractivity contribution < 1.29 is 14.5 Å². The summed E-state index contributed by atoms with van der Waals surface area (Å²) < 4.78 is 10.3. The molecular formula is C14H18N4O3. The van der Waals surface area contributed by atoms with Gasteiger partial charge in [-0.25, -0.2) is 0 Å². The van der Waals surface area contributed by atoms with Crippen LogP contribution < -0.4 is 15.8 Å². The monoisotopic (exact) mass is 290 g/mol. The van der Waals surface area contributed by atoms with Crippen molar-refractivity contribution in [1.82, 2.24) is 10.5 Å². The summed E-state index contributed by atoms with van der Waals surface area (Å²) in [4.78, 5) is 0. The number of rotatable bonds is 6. The lowest BCUT2D eigenvalue weighted by atomic mass is 10.1. The molecule has 112 valence electrons. The molecule has 1 heterocycles. The number of oxime groups is 1. The minimum atomic E-state index is 0.0611. The predicted molar refractivity (Wildman–Crippen MR) is 77.3 cm³/mol. The number of nitrogens with two attached hydrogens (primary N) is 1. The molecule has 2 aromatic rings. The molecule has 0 atom stereocenters. The zero-order valence-electron chi connectivity index (χ0n) is 12.0. The number of aryl methyl sites for hydroxylation is 1. The van der Waals surface area contributed by atoms with E-state index in [9.17, 15) is 0 Å². The van der Waals surface area contributed by atoms with Gasteiger partial charge >= 0.3 is 0 Å². The Morgan fingerprint density at radius 2 is 2.24 bits per heavy atom. The number of nitrogens with one attached hydrogen (secondary N) is 1. The largest absolute Gasteiger partial charge is 0.496 e. The quantitative estimate of drug-likeness (QED) is 0.321. The van der Waals surface area contributed by atoms with Gasteiger partial charge in [0.05, 0.1) is 12.8 Å². The topological polar surface area (TPSA) is 106 Å². The van der Waals surface area contributed by atoms with E-state index >= 15 is 0 Å². The number of ether oxygens (including phenoxy) is 1. The molecule has 0 radical (unpaired) electrons. The summed E-state index contributed by atoms with van der Waals surface area (Å²) in [7, 11) is 1.60. The van der Waals surface area contributed by atoms with Gasteiger partial charge in [0, 0.05) is 30.3 Å². The van der Waals surface area contributed by atoms with Gasteiger partial charge in [-0.2, -0.15) is 0 Å². The highest BCUT2D eigenvalue weighted by atomic mass is 16.5. The van der Waals surface area contributed by atoms with Gasteiger partial charge in [-0.3, -0.25) is 0 Å². The molecular weight excluding hydrogens is 272 g/mol. The Bertz CT molecular complexity index is 637. The van der Waals surface area contributed by atoms with E-state index in [1.165, 1.54) is 0 Å². The van der Waals surface area contributed by atoms with E-state index in [2.05, 4.69) is 15.6 Å². The number of aromatic nitrogens is 1. The van der Waals surface area contributed by atoms with Crippen LogP contribution in [0, 0.1) is 6.92 Å². The number of benzene rings is 1. The number of hydrogen-bond donors (Lipinski definition) is 3. The van der Waals surface area contributed by atoms with Crippen molar-refractivity contribution in [1.29, 1.82) is 0 Å². The predicted octanol–water partition coefficient (Wildman–Crippen LogP) is 1.38. The van der Waals surface area contributed by atoms with Gasteiger partial charge in [0.25, 0.3) is 0 Å². The molecule has 0 amide bonds. The van der Waals surface area contributed by atoms with E-state index in [0.29, 0.717) is 18.7 Å². The highest BCUT2D eigenvalue weighted by Crippen LogP contribution is 2.20. The molecule has 21 heavy (non-hydrogen) atoms. The van der Waals surface area contributed by atoms with E-state index in [-0.39, 0.29) is 5.84 Å². The van der Waals surface area contributed by atoms with Crippen molar-refractivity contribution >= 4 is 5.84 Å². The Morgan fingerprint density at radius 3 is 2.86 bits per heavy atom. The fraction of sp³-hybridized carbons (Fsp3) is 0.286. The molecule has 0 unspecified atom stereocenters. The molecule has 0 fully saturated rings. The Labute approximate surface area is 122 Å².